The van der Waals surface area contributed by atoms with Gasteiger partial charge in [-0.2, -0.15) is 0 Å². The molecule has 0 fully saturated rings. The Morgan fingerprint density at radius 2 is 1.64 bits per heavy atom. The number of aromatic nitrogens is 1. The Morgan fingerprint density at radius 3 is 2.28 bits per heavy atom. The Bertz CT molecular complexity index is 1390. The number of fused-ring (bicyclic) bond motifs is 1. The van der Waals surface area contributed by atoms with Crippen LogP contribution in [0.1, 0.15) is 44.4 Å². The van der Waals surface area contributed by atoms with Crippen LogP contribution in [0, 0.1) is 17.0 Å². The van der Waals surface area contributed by atoms with Crippen molar-refractivity contribution in [3.8, 4) is 0 Å². The van der Waals surface area contributed by atoms with Crippen LogP contribution in [0.15, 0.2) is 79.0 Å². The summed E-state index contributed by atoms with van der Waals surface area (Å²) in [6.45, 7) is 8.69. The highest BCUT2D eigenvalue weighted by molar-refractivity contribution is 5.81. The lowest BCUT2D eigenvalue weighted by molar-refractivity contribution is -0.120. The maximum absolute atomic E-state index is 13.8. The zero-order valence-electron chi connectivity index (χ0n) is 23.0. The van der Waals surface area contributed by atoms with Gasteiger partial charge in [-0.3, -0.25) is 9.47 Å². The van der Waals surface area contributed by atoms with Gasteiger partial charge in [0, 0.05) is 24.6 Å². The molecule has 5 nitrogen and oxygen atoms in total. The summed E-state index contributed by atoms with van der Waals surface area (Å²) in [6, 6.07) is 20.9. The molecular formula is C32H37F2N3O2. The number of halogens is 2. The average Bonchev–Trinajstić information content (AvgIpc) is 3.25. The van der Waals surface area contributed by atoms with Crippen LogP contribution in [0.2, 0.25) is 0 Å². The second-order valence-corrected chi connectivity index (χ2v) is 11.5. The van der Waals surface area contributed by atoms with E-state index in [1.165, 1.54) is 24.6 Å². The second kappa shape index (κ2) is 12.0. The van der Waals surface area contributed by atoms with Gasteiger partial charge in [0.25, 0.3) is 0 Å². The van der Waals surface area contributed by atoms with Crippen molar-refractivity contribution < 1.29 is 18.7 Å². The third kappa shape index (κ3) is 7.90. The Balaban J connectivity index is 1.64. The molecule has 1 aromatic heterocycles. The standard InChI is InChI=1S/C32H37F2N3O2/c1-22(38)35-29(17-25-15-27(33)18-28(34)16-25)31(39)21-36(20-23-8-6-5-7-9-23)37-13-12-26-14-24(10-11-30(26)37)19-32(2,3)4/h5-16,18,29,31,39H,17,19-21H2,1-4H3,(H,35,38). The summed E-state index contributed by atoms with van der Waals surface area (Å²) in [5, 5.41) is 17.3. The molecule has 0 aliphatic rings. The number of carbonyl (C=O) groups is 1. The number of hydrogen-bond donors (Lipinski definition) is 2. The third-order valence-electron chi connectivity index (χ3n) is 6.61. The molecule has 0 saturated heterocycles. The molecule has 4 aromatic rings. The Labute approximate surface area is 229 Å². The van der Waals surface area contributed by atoms with Crippen molar-refractivity contribution in [2.45, 2.75) is 59.2 Å². The number of nitrogens with one attached hydrogen (secondary N) is 1. The van der Waals surface area contributed by atoms with E-state index in [-0.39, 0.29) is 24.3 Å². The molecule has 206 valence electrons. The highest BCUT2D eigenvalue weighted by Gasteiger charge is 2.25. The summed E-state index contributed by atoms with van der Waals surface area (Å²) >= 11 is 0. The van der Waals surface area contributed by atoms with Crippen molar-refractivity contribution in [1.29, 1.82) is 0 Å². The SMILES string of the molecule is CC(=O)NC(Cc1cc(F)cc(F)c1)C(O)CN(Cc1ccccc1)n1ccc2cc(CC(C)(C)C)ccc21. The number of aliphatic hydroxyl groups is 1. The zero-order chi connectivity index (χ0) is 28.2. The van der Waals surface area contributed by atoms with Gasteiger partial charge in [0.05, 0.1) is 30.8 Å². The van der Waals surface area contributed by atoms with E-state index in [9.17, 15) is 18.7 Å². The summed E-state index contributed by atoms with van der Waals surface area (Å²) in [5.41, 5.74) is 3.84. The van der Waals surface area contributed by atoms with Crippen molar-refractivity contribution in [2.75, 3.05) is 11.6 Å². The number of amides is 1. The maximum Gasteiger partial charge on any atom is 0.217 e. The fraction of sp³-hybridized carbons (Fsp3) is 0.344. The van der Waals surface area contributed by atoms with Gasteiger partial charge in [-0.05, 0) is 65.3 Å². The van der Waals surface area contributed by atoms with E-state index in [1.807, 2.05) is 46.2 Å². The first-order valence-corrected chi connectivity index (χ1v) is 13.3. The molecule has 0 aliphatic carbocycles. The quantitative estimate of drug-likeness (QED) is 0.273. The van der Waals surface area contributed by atoms with Crippen LogP contribution < -0.4 is 10.3 Å². The molecule has 0 saturated carbocycles. The summed E-state index contributed by atoms with van der Waals surface area (Å²) < 4.78 is 29.7. The first kappa shape index (κ1) is 28.3. The van der Waals surface area contributed by atoms with Gasteiger partial charge in [0.2, 0.25) is 5.91 Å². The molecule has 3 aromatic carbocycles. The molecule has 1 amide bonds. The first-order chi connectivity index (χ1) is 18.5. The largest absolute Gasteiger partial charge is 0.389 e. The molecule has 0 radical (unpaired) electrons. The molecule has 0 bridgehead atoms. The summed E-state index contributed by atoms with van der Waals surface area (Å²) in [6.07, 6.45) is 1.99. The van der Waals surface area contributed by atoms with Gasteiger partial charge in [-0.1, -0.05) is 57.2 Å². The first-order valence-electron chi connectivity index (χ1n) is 13.3. The Kier molecular flexibility index (Phi) is 8.70. The number of aliphatic hydroxyl groups excluding tert-OH is 1. The van der Waals surface area contributed by atoms with E-state index < -0.39 is 23.8 Å². The van der Waals surface area contributed by atoms with Crippen LogP contribution in [0.5, 0.6) is 0 Å². The predicted molar refractivity (Wildman–Crippen MR) is 152 cm³/mol. The van der Waals surface area contributed by atoms with E-state index >= 15 is 0 Å². The van der Waals surface area contributed by atoms with Crippen molar-refractivity contribution in [1.82, 2.24) is 9.99 Å². The van der Waals surface area contributed by atoms with E-state index in [4.69, 9.17) is 0 Å². The van der Waals surface area contributed by atoms with Crippen molar-refractivity contribution in [3.05, 3.63) is 107 Å². The Hall–Kier alpha value is -3.71. The zero-order valence-corrected chi connectivity index (χ0v) is 23.0. The molecule has 39 heavy (non-hydrogen) atoms. The lowest BCUT2D eigenvalue weighted by Crippen LogP contribution is -2.51. The molecule has 4 rings (SSSR count). The monoisotopic (exact) mass is 533 g/mol. The van der Waals surface area contributed by atoms with Crippen LogP contribution in [-0.2, 0) is 24.2 Å². The topological polar surface area (TPSA) is 57.5 Å². The van der Waals surface area contributed by atoms with E-state index in [0.717, 1.165) is 29.0 Å². The highest BCUT2D eigenvalue weighted by atomic mass is 19.1. The highest BCUT2D eigenvalue weighted by Crippen LogP contribution is 2.25. The molecule has 1 heterocycles. The molecule has 0 spiro atoms. The summed E-state index contributed by atoms with van der Waals surface area (Å²) in [7, 11) is 0. The predicted octanol–water partition coefficient (Wildman–Crippen LogP) is 5.75. The minimum absolute atomic E-state index is 0.0805. The Morgan fingerprint density at radius 1 is 0.949 bits per heavy atom. The van der Waals surface area contributed by atoms with E-state index in [0.29, 0.717) is 12.1 Å². The van der Waals surface area contributed by atoms with Gasteiger partial charge in [-0.15, -0.1) is 0 Å². The van der Waals surface area contributed by atoms with E-state index in [1.54, 1.807) is 0 Å². The number of hydrogen-bond acceptors (Lipinski definition) is 3. The lowest BCUT2D eigenvalue weighted by Gasteiger charge is -2.33. The second-order valence-electron chi connectivity index (χ2n) is 11.5. The van der Waals surface area contributed by atoms with E-state index in [2.05, 4.69) is 50.4 Å². The van der Waals surface area contributed by atoms with Crippen LogP contribution >= 0.6 is 0 Å². The molecule has 2 atom stereocenters. The van der Waals surface area contributed by atoms with Gasteiger partial charge >= 0.3 is 0 Å². The molecule has 2 N–H and O–H groups in total. The van der Waals surface area contributed by atoms with Gasteiger partial charge in [-0.25, -0.2) is 8.78 Å². The van der Waals surface area contributed by atoms with Gasteiger partial charge < -0.3 is 15.4 Å². The minimum atomic E-state index is -1.03. The van der Waals surface area contributed by atoms with Crippen LogP contribution in [0.3, 0.4) is 0 Å². The van der Waals surface area contributed by atoms with Crippen LogP contribution in [0.4, 0.5) is 8.78 Å². The number of carbonyl (C=O) groups excluding carboxylic acids is 1. The molecule has 7 heteroatoms. The molecule has 2 unspecified atom stereocenters. The van der Waals surface area contributed by atoms with Crippen molar-refractivity contribution in [2.24, 2.45) is 5.41 Å². The third-order valence-corrected chi connectivity index (χ3v) is 6.61. The normalized spacial score (nSPS) is 13.3. The average molecular weight is 534 g/mol. The number of nitrogens with zero attached hydrogens (tertiary/aromatic N) is 2. The smallest absolute Gasteiger partial charge is 0.217 e. The number of rotatable bonds is 10. The molecule has 0 aliphatic heterocycles. The van der Waals surface area contributed by atoms with Crippen LogP contribution in [0.25, 0.3) is 10.9 Å². The fourth-order valence-corrected chi connectivity index (χ4v) is 5.04. The van der Waals surface area contributed by atoms with Crippen molar-refractivity contribution >= 4 is 16.8 Å². The summed E-state index contributed by atoms with van der Waals surface area (Å²) in [5.74, 6) is -1.73. The van der Waals surface area contributed by atoms with Crippen LogP contribution in [-0.4, -0.2) is 34.4 Å². The lowest BCUT2D eigenvalue weighted by atomic mass is 9.88. The minimum Gasteiger partial charge on any atom is -0.389 e. The number of benzene rings is 3. The van der Waals surface area contributed by atoms with Gasteiger partial charge in [0.15, 0.2) is 0 Å². The van der Waals surface area contributed by atoms with Crippen molar-refractivity contribution in [3.63, 3.8) is 0 Å². The summed E-state index contributed by atoms with van der Waals surface area (Å²) in [4.78, 5) is 12.0. The molecular weight excluding hydrogens is 496 g/mol. The maximum atomic E-state index is 13.8. The van der Waals surface area contributed by atoms with Gasteiger partial charge in [0.1, 0.15) is 11.6 Å². The fourth-order valence-electron chi connectivity index (χ4n) is 5.04.